The maximum atomic E-state index is 9.76. The lowest BCUT2D eigenvalue weighted by Gasteiger charge is -2.36. The Morgan fingerprint density at radius 2 is 1.94 bits per heavy atom. The fraction of sp³-hybridized carbons (Fsp3) is 0.571. The number of aromatic hydroxyl groups is 1. The third-order valence-electron chi connectivity index (χ3n) is 3.81. The molecule has 1 aromatic rings. The molecule has 3 nitrogen and oxygen atoms in total. The van der Waals surface area contributed by atoms with Gasteiger partial charge in [0.05, 0.1) is 6.61 Å². The van der Waals surface area contributed by atoms with E-state index < -0.39 is 0 Å². The minimum atomic E-state index is -0.187. The summed E-state index contributed by atoms with van der Waals surface area (Å²) in [7, 11) is 0. The second kappa shape index (κ2) is 5.91. The van der Waals surface area contributed by atoms with Crippen LogP contribution in [0.4, 0.5) is 0 Å². The van der Waals surface area contributed by atoms with E-state index in [4.69, 9.17) is 11.6 Å². The van der Waals surface area contributed by atoms with Crippen LogP contribution in [-0.2, 0) is 6.54 Å². The summed E-state index contributed by atoms with van der Waals surface area (Å²) < 4.78 is 0. The van der Waals surface area contributed by atoms with Crippen LogP contribution in [0.3, 0.4) is 0 Å². The zero-order chi connectivity index (χ0) is 13.0. The smallest absolute Gasteiger partial charge is 0.120 e. The number of phenolic OH excluding ortho intramolecular Hbond substituents is 1. The fourth-order valence-corrected chi connectivity index (χ4v) is 2.79. The third-order valence-corrected chi connectivity index (χ3v) is 4.04. The number of rotatable bonds is 4. The number of hydrogen-bond acceptors (Lipinski definition) is 3. The van der Waals surface area contributed by atoms with Crippen molar-refractivity contribution in [3.05, 3.63) is 28.8 Å². The van der Waals surface area contributed by atoms with E-state index in [9.17, 15) is 10.2 Å². The van der Waals surface area contributed by atoms with Gasteiger partial charge in [-0.1, -0.05) is 30.9 Å². The van der Waals surface area contributed by atoms with E-state index in [-0.39, 0.29) is 17.9 Å². The molecule has 18 heavy (non-hydrogen) atoms. The van der Waals surface area contributed by atoms with Crippen LogP contribution in [0.25, 0.3) is 0 Å². The first-order valence-electron chi connectivity index (χ1n) is 6.48. The van der Waals surface area contributed by atoms with Gasteiger partial charge in [-0.3, -0.25) is 0 Å². The molecule has 0 amide bonds. The van der Waals surface area contributed by atoms with Gasteiger partial charge in [0, 0.05) is 22.7 Å². The second-order valence-corrected chi connectivity index (χ2v) is 5.56. The van der Waals surface area contributed by atoms with E-state index in [2.05, 4.69) is 5.32 Å². The monoisotopic (exact) mass is 269 g/mol. The van der Waals surface area contributed by atoms with Crippen LogP contribution < -0.4 is 5.32 Å². The van der Waals surface area contributed by atoms with Gasteiger partial charge in [0.15, 0.2) is 0 Å². The molecule has 3 N–H and O–H groups in total. The minimum absolute atomic E-state index is 0.147. The van der Waals surface area contributed by atoms with Crippen molar-refractivity contribution in [3.63, 3.8) is 0 Å². The third kappa shape index (κ3) is 3.16. The lowest BCUT2D eigenvalue weighted by atomic mass is 9.82. The summed E-state index contributed by atoms with van der Waals surface area (Å²) in [6.45, 7) is 0.682. The molecule has 0 radical (unpaired) electrons. The van der Waals surface area contributed by atoms with Gasteiger partial charge in [0.25, 0.3) is 0 Å². The highest BCUT2D eigenvalue weighted by Gasteiger charge is 2.30. The number of phenols is 1. The van der Waals surface area contributed by atoms with Gasteiger partial charge in [0.1, 0.15) is 5.75 Å². The maximum Gasteiger partial charge on any atom is 0.120 e. The predicted molar refractivity (Wildman–Crippen MR) is 72.9 cm³/mol. The van der Waals surface area contributed by atoms with E-state index >= 15 is 0 Å². The number of benzene rings is 1. The van der Waals surface area contributed by atoms with Crippen LogP contribution >= 0.6 is 11.6 Å². The molecule has 0 saturated heterocycles. The van der Waals surface area contributed by atoms with Gasteiger partial charge in [-0.25, -0.2) is 0 Å². The molecule has 0 bridgehead atoms. The van der Waals surface area contributed by atoms with Gasteiger partial charge >= 0.3 is 0 Å². The van der Waals surface area contributed by atoms with Crippen LogP contribution in [0, 0.1) is 0 Å². The number of hydrogen-bond donors (Lipinski definition) is 3. The Morgan fingerprint density at radius 1 is 1.22 bits per heavy atom. The SMILES string of the molecule is OCC1(NCc2cc(Cl)ccc2O)CCCCC1. The van der Waals surface area contributed by atoms with E-state index in [1.54, 1.807) is 18.2 Å². The number of aliphatic hydroxyl groups is 1. The quantitative estimate of drug-likeness (QED) is 0.788. The Balaban J connectivity index is 2.03. The standard InChI is InChI=1S/C14H20ClNO2/c15-12-4-5-13(18)11(8-12)9-16-14(10-17)6-2-1-3-7-14/h4-5,8,16-18H,1-3,6-7,9-10H2. The minimum Gasteiger partial charge on any atom is -0.508 e. The zero-order valence-electron chi connectivity index (χ0n) is 10.5. The molecular formula is C14H20ClNO2. The Hall–Kier alpha value is -0.770. The summed E-state index contributed by atoms with van der Waals surface area (Å²) in [4.78, 5) is 0. The number of halogens is 1. The van der Waals surface area contributed by atoms with Crippen molar-refractivity contribution in [2.24, 2.45) is 0 Å². The molecule has 0 aromatic heterocycles. The van der Waals surface area contributed by atoms with Crippen molar-refractivity contribution >= 4 is 11.6 Å². The Labute approximate surface area is 113 Å². The van der Waals surface area contributed by atoms with Gasteiger partial charge in [-0.05, 0) is 31.0 Å². The normalized spacial score (nSPS) is 18.8. The van der Waals surface area contributed by atoms with E-state index in [0.29, 0.717) is 11.6 Å². The number of nitrogens with one attached hydrogen (secondary N) is 1. The Kier molecular flexibility index (Phi) is 4.49. The summed E-state index contributed by atoms with van der Waals surface area (Å²) >= 11 is 5.92. The first-order chi connectivity index (χ1) is 8.65. The van der Waals surface area contributed by atoms with E-state index in [0.717, 1.165) is 31.2 Å². The molecule has 1 fully saturated rings. The van der Waals surface area contributed by atoms with Gasteiger partial charge < -0.3 is 15.5 Å². The van der Waals surface area contributed by atoms with Crippen LogP contribution in [0.15, 0.2) is 18.2 Å². The van der Waals surface area contributed by atoms with Crippen molar-refractivity contribution in [1.82, 2.24) is 5.32 Å². The highest BCUT2D eigenvalue weighted by molar-refractivity contribution is 6.30. The summed E-state index contributed by atoms with van der Waals surface area (Å²) in [5.74, 6) is 0.246. The Bertz CT molecular complexity index is 403. The molecule has 0 heterocycles. The highest BCUT2D eigenvalue weighted by Crippen LogP contribution is 2.29. The molecule has 0 unspecified atom stereocenters. The Morgan fingerprint density at radius 3 is 2.61 bits per heavy atom. The summed E-state index contributed by atoms with van der Waals surface area (Å²) in [5.41, 5.74) is 0.591. The molecule has 1 saturated carbocycles. The molecule has 100 valence electrons. The largest absolute Gasteiger partial charge is 0.508 e. The van der Waals surface area contributed by atoms with Crippen molar-refractivity contribution < 1.29 is 10.2 Å². The van der Waals surface area contributed by atoms with Crippen LogP contribution in [0.1, 0.15) is 37.7 Å². The van der Waals surface area contributed by atoms with Gasteiger partial charge in [0.2, 0.25) is 0 Å². The van der Waals surface area contributed by atoms with Crippen molar-refractivity contribution in [1.29, 1.82) is 0 Å². The van der Waals surface area contributed by atoms with Crippen LogP contribution in [0.5, 0.6) is 5.75 Å². The fourth-order valence-electron chi connectivity index (χ4n) is 2.60. The first kappa shape index (κ1) is 13.7. The van der Waals surface area contributed by atoms with Crippen molar-refractivity contribution in [3.8, 4) is 5.75 Å². The lowest BCUT2D eigenvalue weighted by molar-refractivity contribution is 0.119. The molecule has 1 aliphatic carbocycles. The van der Waals surface area contributed by atoms with E-state index in [1.165, 1.54) is 6.42 Å². The van der Waals surface area contributed by atoms with Gasteiger partial charge in [-0.2, -0.15) is 0 Å². The molecule has 1 aromatic carbocycles. The molecule has 1 aliphatic rings. The second-order valence-electron chi connectivity index (χ2n) is 5.13. The van der Waals surface area contributed by atoms with Crippen molar-refractivity contribution in [2.75, 3.05) is 6.61 Å². The summed E-state index contributed by atoms with van der Waals surface area (Å²) in [6.07, 6.45) is 5.52. The predicted octanol–water partition coefficient (Wildman–Crippen LogP) is 2.83. The molecule has 0 atom stereocenters. The molecule has 4 heteroatoms. The van der Waals surface area contributed by atoms with Crippen LogP contribution in [-0.4, -0.2) is 22.4 Å². The molecular weight excluding hydrogens is 250 g/mol. The van der Waals surface area contributed by atoms with Gasteiger partial charge in [-0.15, -0.1) is 0 Å². The molecule has 0 aliphatic heterocycles. The maximum absolute atomic E-state index is 9.76. The highest BCUT2D eigenvalue weighted by atomic mass is 35.5. The topological polar surface area (TPSA) is 52.5 Å². The number of aliphatic hydroxyl groups excluding tert-OH is 1. The van der Waals surface area contributed by atoms with E-state index in [1.807, 2.05) is 0 Å². The molecule has 0 spiro atoms. The average molecular weight is 270 g/mol. The van der Waals surface area contributed by atoms with Crippen LogP contribution in [0.2, 0.25) is 5.02 Å². The average Bonchev–Trinajstić information content (AvgIpc) is 2.41. The zero-order valence-corrected chi connectivity index (χ0v) is 11.2. The summed E-state index contributed by atoms with van der Waals surface area (Å²) in [5, 5.41) is 23.4. The van der Waals surface area contributed by atoms with Crippen molar-refractivity contribution in [2.45, 2.75) is 44.2 Å². The molecule has 2 rings (SSSR count). The summed E-state index contributed by atoms with van der Waals surface area (Å²) in [6, 6.07) is 5.03. The first-order valence-corrected chi connectivity index (χ1v) is 6.86. The lowest BCUT2D eigenvalue weighted by Crippen LogP contribution is -2.49.